The number of carbonyl (C=O) groups excluding carboxylic acids is 1. The van der Waals surface area contributed by atoms with Crippen molar-refractivity contribution in [2.45, 2.75) is 64.2 Å². The molecular weight excluding hydrogens is 487 g/mol. The Bertz CT molecular complexity index is 1380. The second-order valence-corrected chi connectivity index (χ2v) is 11.7. The Balaban J connectivity index is 1.32. The number of pyridine rings is 1. The molecule has 0 aliphatic carbocycles. The highest BCUT2D eigenvalue weighted by atomic mass is 16.7. The fraction of sp³-hybridized carbons (Fsp3) is 0.387. The first-order valence-corrected chi connectivity index (χ1v) is 13.8. The molecule has 0 radical (unpaired) electrons. The number of aliphatic imine (C=N–C) groups is 1. The van der Waals surface area contributed by atoms with E-state index in [0.717, 1.165) is 42.0 Å². The number of anilines is 1. The zero-order valence-electron chi connectivity index (χ0n) is 23.1. The van der Waals surface area contributed by atoms with E-state index in [4.69, 9.17) is 14.3 Å². The van der Waals surface area contributed by atoms with E-state index in [-0.39, 0.29) is 5.91 Å². The van der Waals surface area contributed by atoms with E-state index in [2.05, 4.69) is 27.3 Å². The molecule has 3 aliphatic heterocycles. The van der Waals surface area contributed by atoms with Crippen LogP contribution in [0.5, 0.6) is 0 Å². The predicted octanol–water partition coefficient (Wildman–Crippen LogP) is 4.83. The SMILES string of the molecule is CC1(C)OB(c2ccc3c(c2)NC(=O)C3C(=Nc2ccc(CN3CCCC3)cc2)c2ccccn2)OC1(C)C. The minimum Gasteiger partial charge on any atom is -0.399 e. The van der Waals surface area contributed by atoms with Crippen molar-refractivity contribution in [1.82, 2.24) is 9.88 Å². The Morgan fingerprint density at radius 3 is 2.41 bits per heavy atom. The molecule has 2 aromatic carbocycles. The van der Waals surface area contributed by atoms with E-state index >= 15 is 0 Å². The minimum atomic E-state index is -0.577. The van der Waals surface area contributed by atoms with E-state index < -0.39 is 24.2 Å². The molecule has 0 bridgehead atoms. The lowest BCUT2D eigenvalue weighted by molar-refractivity contribution is -0.115. The van der Waals surface area contributed by atoms with Crippen LogP contribution in [0.15, 0.2) is 71.9 Å². The van der Waals surface area contributed by atoms with Gasteiger partial charge in [0.25, 0.3) is 0 Å². The normalized spacial score (nSPS) is 22.3. The average molecular weight is 522 g/mol. The maximum Gasteiger partial charge on any atom is 0.494 e. The van der Waals surface area contributed by atoms with E-state index in [1.165, 1.54) is 18.4 Å². The van der Waals surface area contributed by atoms with Gasteiger partial charge in [0.2, 0.25) is 5.91 Å². The number of fused-ring (bicyclic) bond motifs is 1. The molecule has 8 heteroatoms. The number of nitrogens with zero attached hydrogens (tertiary/aromatic N) is 3. The van der Waals surface area contributed by atoms with Crippen LogP contribution in [0.25, 0.3) is 0 Å². The van der Waals surface area contributed by atoms with Crippen molar-refractivity contribution in [2.24, 2.45) is 4.99 Å². The van der Waals surface area contributed by atoms with Gasteiger partial charge >= 0.3 is 7.12 Å². The lowest BCUT2D eigenvalue weighted by Crippen LogP contribution is -2.41. The van der Waals surface area contributed by atoms with Gasteiger partial charge in [-0.3, -0.25) is 14.7 Å². The number of hydrogen-bond donors (Lipinski definition) is 1. The molecule has 0 spiro atoms. The molecule has 39 heavy (non-hydrogen) atoms. The van der Waals surface area contributed by atoms with Crippen LogP contribution < -0.4 is 10.8 Å². The van der Waals surface area contributed by atoms with Crippen molar-refractivity contribution in [3.8, 4) is 0 Å². The van der Waals surface area contributed by atoms with E-state index in [1.807, 2.05) is 76.2 Å². The molecule has 1 N–H and O–H groups in total. The number of likely N-dealkylation sites (tertiary alicyclic amines) is 1. The maximum absolute atomic E-state index is 13.4. The number of aromatic nitrogens is 1. The molecule has 1 atom stereocenters. The highest BCUT2D eigenvalue weighted by Gasteiger charge is 2.52. The van der Waals surface area contributed by atoms with Gasteiger partial charge in [-0.15, -0.1) is 0 Å². The van der Waals surface area contributed by atoms with Gasteiger partial charge in [0.15, 0.2) is 0 Å². The van der Waals surface area contributed by atoms with Crippen molar-refractivity contribution >= 4 is 35.6 Å². The summed E-state index contributed by atoms with van der Waals surface area (Å²) in [7, 11) is -0.501. The van der Waals surface area contributed by atoms with Crippen molar-refractivity contribution in [3.63, 3.8) is 0 Å². The maximum atomic E-state index is 13.4. The highest BCUT2D eigenvalue weighted by Crippen LogP contribution is 2.39. The van der Waals surface area contributed by atoms with Crippen molar-refractivity contribution in [1.29, 1.82) is 0 Å². The molecule has 6 rings (SSSR count). The van der Waals surface area contributed by atoms with Crippen LogP contribution in [0.4, 0.5) is 11.4 Å². The van der Waals surface area contributed by atoms with Crippen LogP contribution in [-0.2, 0) is 20.6 Å². The van der Waals surface area contributed by atoms with Gasteiger partial charge in [0.05, 0.1) is 28.3 Å². The van der Waals surface area contributed by atoms with Gasteiger partial charge in [-0.2, -0.15) is 0 Å². The molecule has 4 heterocycles. The third-order valence-electron chi connectivity index (χ3n) is 8.43. The first kappa shape index (κ1) is 25.9. The summed E-state index contributed by atoms with van der Waals surface area (Å²) in [5.74, 6) is -0.697. The monoisotopic (exact) mass is 522 g/mol. The topological polar surface area (TPSA) is 76.0 Å². The molecule has 1 unspecified atom stereocenters. The lowest BCUT2D eigenvalue weighted by atomic mass is 9.78. The van der Waals surface area contributed by atoms with E-state index in [1.54, 1.807) is 6.20 Å². The Hall–Kier alpha value is -3.33. The Morgan fingerprint density at radius 2 is 1.74 bits per heavy atom. The van der Waals surface area contributed by atoms with Gasteiger partial charge in [-0.1, -0.05) is 30.3 Å². The number of amides is 1. The van der Waals surface area contributed by atoms with Crippen LogP contribution in [0.1, 0.15) is 63.3 Å². The fourth-order valence-electron chi connectivity index (χ4n) is 5.48. The quantitative estimate of drug-likeness (QED) is 0.371. The van der Waals surface area contributed by atoms with Crippen LogP contribution in [0, 0.1) is 0 Å². The smallest absolute Gasteiger partial charge is 0.399 e. The zero-order chi connectivity index (χ0) is 27.2. The largest absolute Gasteiger partial charge is 0.494 e. The summed E-state index contributed by atoms with van der Waals surface area (Å²) in [6.07, 6.45) is 4.29. The first-order chi connectivity index (χ1) is 18.7. The molecule has 2 fully saturated rings. The van der Waals surface area contributed by atoms with Crippen molar-refractivity contribution in [3.05, 3.63) is 83.7 Å². The third-order valence-corrected chi connectivity index (χ3v) is 8.43. The van der Waals surface area contributed by atoms with E-state index in [9.17, 15) is 4.79 Å². The summed E-state index contributed by atoms with van der Waals surface area (Å²) in [4.78, 5) is 25.5. The van der Waals surface area contributed by atoms with E-state index in [0.29, 0.717) is 11.4 Å². The summed E-state index contributed by atoms with van der Waals surface area (Å²) in [5, 5.41) is 3.07. The number of hydrogen-bond acceptors (Lipinski definition) is 6. The molecule has 0 saturated carbocycles. The standard InChI is InChI=1S/C31H35BN4O3/c1-30(2)31(3,4)39-32(38-30)22-12-15-24-26(19-22)35-29(37)27(24)28(25-9-5-6-16-33-25)34-23-13-10-21(11-14-23)20-36-17-7-8-18-36/h5-6,9-16,19,27H,7-8,17-18,20H2,1-4H3,(H,35,37). The van der Waals surface area contributed by atoms with Crippen LogP contribution >= 0.6 is 0 Å². The second kappa shape index (κ2) is 10.0. The predicted molar refractivity (Wildman–Crippen MR) is 155 cm³/mol. The first-order valence-electron chi connectivity index (χ1n) is 13.8. The number of benzene rings is 2. The molecule has 3 aliphatic rings. The molecule has 200 valence electrons. The highest BCUT2D eigenvalue weighted by molar-refractivity contribution is 6.62. The summed E-state index contributed by atoms with van der Waals surface area (Å²) in [6, 6.07) is 19.9. The summed E-state index contributed by atoms with van der Waals surface area (Å²) in [6.45, 7) is 11.4. The van der Waals surface area contributed by atoms with Gasteiger partial charge < -0.3 is 14.6 Å². The van der Waals surface area contributed by atoms with Crippen LogP contribution in [0.2, 0.25) is 0 Å². The van der Waals surface area contributed by atoms with Crippen molar-refractivity contribution in [2.75, 3.05) is 18.4 Å². The lowest BCUT2D eigenvalue weighted by Gasteiger charge is -2.32. The van der Waals surface area contributed by atoms with Crippen LogP contribution in [0.3, 0.4) is 0 Å². The number of rotatable bonds is 6. The molecule has 1 amide bonds. The Labute approximate surface area is 230 Å². The van der Waals surface area contributed by atoms with Gasteiger partial charge in [-0.05, 0) is 101 Å². The average Bonchev–Trinajstić information content (AvgIpc) is 3.59. The minimum absolute atomic E-state index is 0.119. The molecule has 2 saturated heterocycles. The number of nitrogens with one attached hydrogen (secondary N) is 1. The van der Waals surface area contributed by atoms with Crippen molar-refractivity contribution < 1.29 is 14.1 Å². The Kier molecular flexibility index (Phi) is 6.65. The third kappa shape index (κ3) is 5.04. The molecule has 1 aromatic heterocycles. The Morgan fingerprint density at radius 1 is 1.03 bits per heavy atom. The fourth-order valence-corrected chi connectivity index (χ4v) is 5.48. The molecule has 7 nitrogen and oxygen atoms in total. The summed E-state index contributed by atoms with van der Waals surface area (Å²) in [5.41, 5.74) is 5.00. The van der Waals surface area contributed by atoms with Gasteiger partial charge in [0, 0.05) is 18.4 Å². The van der Waals surface area contributed by atoms with Crippen LogP contribution in [-0.4, -0.2) is 52.9 Å². The summed E-state index contributed by atoms with van der Waals surface area (Å²) >= 11 is 0. The van der Waals surface area contributed by atoms with Gasteiger partial charge in [-0.25, -0.2) is 4.99 Å². The van der Waals surface area contributed by atoms with Gasteiger partial charge in [0.1, 0.15) is 5.92 Å². The second-order valence-electron chi connectivity index (χ2n) is 11.7. The number of carbonyl (C=O) groups is 1. The molecular formula is C31H35BN4O3. The molecule has 3 aromatic rings. The zero-order valence-corrected chi connectivity index (χ0v) is 23.1. The summed E-state index contributed by atoms with van der Waals surface area (Å²) < 4.78 is 12.5.